The van der Waals surface area contributed by atoms with Crippen LogP contribution < -0.4 is 16.0 Å². The Morgan fingerprint density at radius 1 is 1.30 bits per heavy atom. The average Bonchev–Trinajstić information content (AvgIpc) is 2.46. The lowest BCUT2D eigenvalue weighted by molar-refractivity contribution is -0.115. The van der Waals surface area contributed by atoms with Crippen molar-refractivity contribution in [3.8, 4) is 0 Å². The summed E-state index contributed by atoms with van der Waals surface area (Å²) >= 11 is 0. The maximum absolute atomic E-state index is 11.9. The van der Waals surface area contributed by atoms with E-state index in [1.54, 1.807) is 19.2 Å². The molecule has 5 heteroatoms. The van der Waals surface area contributed by atoms with Crippen LogP contribution in [0.4, 0.5) is 5.69 Å². The van der Waals surface area contributed by atoms with Gasteiger partial charge in [0, 0.05) is 24.3 Å². The Hall–Kier alpha value is -1.88. The molecule has 0 fully saturated rings. The molecule has 20 heavy (non-hydrogen) atoms. The van der Waals surface area contributed by atoms with Crippen LogP contribution in [0.25, 0.3) is 0 Å². The average molecular weight is 277 g/mol. The van der Waals surface area contributed by atoms with Gasteiger partial charge in [0.15, 0.2) is 0 Å². The van der Waals surface area contributed by atoms with Gasteiger partial charge in [0.2, 0.25) is 5.91 Å². The molecule has 0 aliphatic heterocycles. The van der Waals surface area contributed by atoms with Crippen LogP contribution in [0.2, 0.25) is 0 Å². The summed E-state index contributed by atoms with van der Waals surface area (Å²) in [5.74, 6) is -0.277. The van der Waals surface area contributed by atoms with Crippen molar-refractivity contribution in [1.82, 2.24) is 10.6 Å². The van der Waals surface area contributed by atoms with Gasteiger partial charge in [-0.2, -0.15) is 0 Å². The SMILES string of the molecule is CCC(C)NCC(=O)Nc1cc(C(=O)NC)ccc1C. The fourth-order valence-corrected chi connectivity index (χ4v) is 1.65. The third-order valence-electron chi connectivity index (χ3n) is 3.22. The summed E-state index contributed by atoms with van der Waals surface area (Å²) in [5.41, 5.74) is 2.12. The van der Waals surface area contributed by atoms with Gasteiger partial charge in [0.25, 0.3) is 5.91 Å². The molecular formula is C15H23N3O2. The number of hydrogen-bond donors (Lipinski definition) is 3. The molecule has 1 aromatic rings. The van der Waals surface area contributed by atoms with Crippen molar-refractivity contribution in [2.45, 2.75) is 33.2 Å². The second kappa shape index (κ2) is 7.65. The van der Waals surface area contributed by atoms with Crippen LogP contribution in [0.3, 0.4) is 0 Å². The third-order valence-corrected chi connectivity index (χ3v) is 3.22. The quantitative estimate of drug-likeness (QED) is 0.741. The predicted molar refractivity (Wildman–Crippen MR) is 81.0 cm³/mol. The summed E-state index contributed by atoms with van der Waals surface area (Å²) in [6, 6.07) is 5.55. The van der Waals surface area contributed by atoms with Crippen LogP contribution in [-0.2, 0) is 4.79 Å². The topological polar surface area (TPSA) is 70.2 Å². The van der Waals surface area contributed by atoms with Crippen LogP contribution in [-0.4, -0.2) is 31.4 Å². The molecule has 3 N–H and O–H groups in total. The molecule has 0 aliphatic rings. The molecule has 0 spiro atoms. The molecule has 0 radical (unpaired) electrons. The number of aryl methyl sites for hydroxylation is 1. The Balaban J connectivity index is 2.71. The molecule has 0 heterocycles. The summed E-state index contributed by atoms with van der Waals surface area (Å²) in [6.45, 7) is 6.25. The lowest BCUT2D eigenvalue weighted by Crippen LogP contribution is -2.34. The van der Waals surface area contributed by atoms with Gasteiger partial charge in [-0.1, -0.05) is 13.0 Å². The fraction of sp³-hybridized carbons (Fsp3) is 0.467. The van der Waals surface area contributed by atoms with Crippen LogP contribution in [0, 0.1) is 6.92 Å². The van der Waals surface area contributed by atoms with Crippen molar-refractivity contribution < 1.29 is 9.59 Å². The number of amides is 2. The standard InChI is InChI=1S/C15H23N3O2/c1-5-11(3)17-9-14(19)18-13-8-12(15(20)16-4)7-6-10(13)2/h6-8,11,17H,5,9H2,1-4H3,(H,16,20)(H,18,19). The molecule has 0 bridgehead atoms. The minimum atomic E-state index is -0.168. The summed E-state index contributed by atoms with van der Waals surface area (Å²) in [4.78, 5) is 23.4. The van der Waals surface area contributed by atoms with Gasteiger partial charge < -0.3 is 16.0 Å². The molecule has 0 saturated heterocycles. The van der Waals surface area contributed by atoms with Gasteiger partial charge in [0.05, 0.1) is 6.54 Å². The highest BCUT2D eigenvalue weighted by Crippen LogP contribution is 2.16. The minimum absolute atomic E-state index is 0.109. The van der Waals surface area contributed by atoms with Crippen molar-refractivity contribution in [1.29, 1.82) is 0 Å². The van der Waals surface area contributed by atoms with Crippen molar-refractivity contribution in [2.24, 2.45) is 0 Å². The number of nitrogens with one attached hydrogen (secondary N) is 3. The Bertz CT molecular complexity index is 486. The van der Waals surface area contributed by atoms with E-state index in [1.807, 2.05) is 19.9 Å². The lowest BCUT2D eigenvalue weighted by atomic mass is 10.1. The second-order valence-corrected chi connectivity index (χ2v) is 4.85. The minimum Gasteiger partial charge on any atom is -0.355 e. The van der Waals surface area contributed by atoms with Gasteiger partial charge in [-0.05, 0) is 38.0 Å². The molecule has 1 atom stereocenters. The molecule has 1 aromatic carbocycles. The maximum Gasteiger partial charge on any atom is 0.251 e. The molecule has 110 valence electrons. The first kappa shape index (κ1) is 16.2. The fourth-order valence-electron chi connectivity index (χ4n) is 1.65. The van der Waals surface area contributed by atoms with E-state index >= 15 is 0 Å². The zero-order valence-electron chi connectivity index (χ0n) is 12.5. The maximum atomic E-state index is 11.9. The van der Waals surface area contributed by atoms with E-state index in [0.717, 1.165) is 12.0 Å². The number of rotatable bonds is 6. The largest absolute Gasteiger partial charge is 0.355 e. The Kier molecular flexibility index (Phi) is 6.18. The van der Waals surface area contributed by atoms with Crippen molar-refractivity contribution in [3.63, 3.8) is 0 Å². The molecule has 1 rings (SSSR count). The molecule has 0 saturated carbocycles. The van der Waals surface area contributed by atoms with Crippen molar-refractivity contribution >= 4 is 17.5 Å². The molecule has 0 aliphatic carbocycles. The van der Waals surface area contributed by atoms with E-state index < -0.39 is 0 Å². The lowest BCUT2D eigenvalue weighted by Gasteiger charge is -2.13. The van der Waals surface area contributed by atoms with Gasteiger partial charge in [0.1, 0.15) is 0 Å². The van der Waals surface area contributed by atoms with E-state index in [1.165, 1.54) is 0 Å². The molecule has 2 amide bonds. The molecule has 1 unspecified atom stereocenters. The summed E-state index contributed by atoms with van der Waals surface area (Å²) in [6.07, 6.45) is 0.971. The third kappa shape index (κ3) is 4.66. The Morgan fingerprint density at radius 3 is 2.60 bits per heavy atom. The van der Waals surface area contributed by atoms with Crippen LogP contribution in [0.15, 0.2) is 18.2 Å². The predicted octanol–water partition coefficient (Wildman–Crippen LogP) is 1.68. The van der Waals surface area contributed by atoms with Gasteiger partial charge in [-0.25, -0.2) is 0 Å². The van der Waals surface area contributed by atoms with E-state index in [2.05, 4.69) is 22.9 Å². The first-order chi connectivity index (χ1) is 9.47. The highest BCUT2D eigenvalue weighted by Gasteiger charge is 2.09. The smallest absolute Gasteiger partial charge is 0.251 e. The number of hydrogen-bond acceptors (Lipinski definition) is 3. The van der Waals surface area contributed by atoms with Gasteiger partial charge in [-0.15, -0.1) is 0 Å². The summed E-state index contributed by atoms with van der Waals surface area (Å²) in [5, 5.41) is 8.52. The highest BCUT2D eigenvalue weighted by molar-refractivity contribution is 5.98. The number of anilines is 1. The molecule has 0 aromatic heterocycles. The van der Waals surface area contributed by atoms with E-state index in [0.29, 0.717) is 17.3 Å². The monoisotopic (exact) mass is 277 g/mol. The zero-order valence-corrected chi connectivity index (χ0v) is 12.5. The number of carbonyl (C=O) groups is 2. The Labute approximate surface area is 120 Å². The first-order valence-electron chi connectivity index (χ1n) is 6.83. The second-order valence-electron chi connectivity index (χ2n) is 4.85. The van der Waals surface area contributed by atoms with Gasteiger partial charge in [-0.3, -0.25) is 9.59 Å². The first-order valence-corrected chi connectivity index (χ1v) is 6.83. The van der Waals surface area contributed by atoms with E-state index in [4.69, 9.17) is 0 Å². The van der Waals surface area contributed by atoms with Crippen molar-refractivity contribution in [2.75, 3.05) is 18.9 Å². The van der Waals surface area contributed by atoms with Crippen LogP contribution in [0.5, 0.6) is 0 Å². The van der Waals surface area contributed by atoms with Crippen LogP contribution >= 0.6 is 0 Å². The number of benzene rings is 1. The summed E-state index contributed by atoms with van der Waals surface area (Å²) < 4.78 is 0. The summed E-state index contributed by atoms with van der Waals surface area (Å²) in [7, 11) is 1.58. The molecule has 5 nitrogen and oxygen atoms in total. The van der Waals surface area contributed by atoms with E-state index in [9.17, 15) is 9.59 Å². The van der Waals surface area contributed by atoms with Gasteiger partial charge >= 0.3 is 0 Å². The number of carbonyl (C=O) groups excluding carboxylic acids is 2. The molecular weight excluding hydrogens is 254 g/mol. The van der Waals surface area contributed by atoms with E-state index in [-0.39, 0.29) is 18.4 Å². The normalized spacial score (nSPS) is 11.8. The Morgan fingerprint density at radius 2 is 2.00 bits per heavy atom. The highest BCUT2D eigenvalue weighted by atomic mass is 16.2. The zero-order chi connectivity index (χ0) is 15.1. The van der Waals surface area contributed by atoms with Crippen LogP contribution in [0.1, 0.15) is 36.2 Å². The van der Waals surface area contributed by atoms with Crippen molar-refractivity contribution in [3.05, 3.63) is 29.3 Å².